The second-order valence-corrected chi connectivity index (χ2v) is 5.21. The molecule has 0 spiro atoms. The highest BCUT2D eigenvalue weighted by Gasteiger charge is 2.08. The first-order chi connectivity index (χ1) is 11.0. The van der Waals surface area contributed by atoms with E-state index < -0.39 is 12.0 Å². The van der Waals surface area contributed by atoms with Crippen molar-refractivity contribution in [1.29, 1.82) is 0 Å². The fourth-order valence-corrected chi connectivity index (χ4v) is 2.05. The first-order valence-corrected chi connectivity index (χ1v) is 7.57. The molecule has 0 saturated heterocycles. The van der Waals surface area contributed by atoms with Crippen LogP contribution in [0.3, 0.4) is 0 Å². The molecule has 0 fully saturated rings. The van der Waals surface area contributed by atoms with Crippen LogP contribution in [0.15, 0.2) is 60.7 Å². The predicted molar refractivity (Wildman–Crippen MR) is 92.7 cm³/mol. The van der Waals surface area contributed by atoms with Gasteiger partial charge in [-0.05, 0) is 24.1 Å². The van der Waals surface area contributed by atoms with Gasteiger partial charge in [0.05, 0.1) is 6.42 Å². The molecule has 2 aromatic carbocycles. The lowest BCUT2D eigenvalue weighted by molar-refractivity contribution is -0.137. The number of hydrogen-bond acceptors (Lipinski definition) is 4. The van der Waals surface area contributed by atoms with Crippen LogP contribution in [0.5, 0.6) is 0 Å². The molecule has 0 amide bonds. The van der Waals surface area contributed by atoms with Gasteiger partial charge in [-0.25, -0.2) is 0 Å². The van der Waals surface area contributed by atoms with E-state index in [1.165, 1.54) is 0 Å². The number of benzene rings is 2. The molecule has 7 N–H and O–H groups in total. The highest BCUT2D eigenvalue weighted by atomic mass is 16.4. The van der Waals surface area contributed by atoms with E-state index in [0.29, 0.717) is 6.54 Å². The molecular formula is C18H25N3O2. The molecule has 2 rings (SSSR count). The third-order valence-corrected chi connectivity index (χ3v) is 3.33. The Labute approximate surface area is 137 Å². The summed E-state index contributed by atoms with van der Waals surface area (Å²) in [7, 11) is 0. The van der Waals surface area contributed by atoms with Crippen molar-refractivity contribution < 1.29 is 9.90 Å². The van der Waals surface area contributed by atoms with Crippen LogP contribution in [0, 0.1) is 0 Å². The summed E-state index contributed by atoms with van der Waals surface area (Å²) >= 11 is 0. The third-order valence-electron chi connectivity index (χ3n) is 3.33. The molecule has 2 unspecified atom stereocenters. The van der Waals surface area contributed by atoms with Crippen LogP contribution in [0.2, 0.25) is 0 Å². The molecule has 0 aliphatic carbocycles. The van der Waals surface area contributed by atoms with Crippen LogP contribution in [-0.2, 0) is 4.79 Å². The Morgan fingerprint density at radius 2 is 1.30 bits per heavy atom. The van der Waals surface area contributed by atoms with Crippen LogP contribution in [0.1, 0.15) is 36.1 Å². The van der Waals surface area contributed by atoms with E-state index in [1.807, 2.05) is 60.7 Å². The first-order valence-electron chi connectivity index (χ1n) is 7.57. The SMILES string of the molecule is NC(CC(=O)O)c1ccccc1.NCCC(N)c1ccccc1. The van der Waals surface area contributed by atoms with Gasteiger partial charge in [-0.2, -0.15) is 0 Å². The smallest absolute Gasteiger partial charge is 0.305 e. The summed E-state index contributed by atoms with van der Waals surface area (Å²) in [5.74, 6) is -0.869. The summed E-state index contributed by atoms with van der Waals surface area (Å²) in [5.41, 5.74) is 18.9. The van der Waals surface area contributed by atoms with Crippen LogP contribution >= 0.6 is 0 Å². The molecule has 0 aromatic heterocycles. The zero-order valence-electron chi connectivity index (χ0n) is 13.1. The lowest BCUT2D eigenvalue weighted by atomic mass is 10.1. The van der Waals surface area contributed by atoms with Gasteiger partial charge in [-0.1, -0.05) is 60.7 Å². The van der Waals surface area contributed by atoms with E-state index in [0.717, 1.165) is 17.5 Å². The van der Waals surface area contributed by atoms with Crippen molar-refractivity contribution in [2.24, 2.45) is 17.2 Å². The maximum Gasteiger partial charge on any atom is 0.305 e. The summed E-state index contributed by atoms with van der Waals surface area (Å²) < 4.78 is 0. The second kappa shape index (κ2) is 10.5. The summed E-state index contributed by atoms with van der Waals surface area (Å²) in [6, 6.07) is 18.9. The van der Waals surface area contributed by atoms with Gasteiger partial charge in [0.2, 0.25) is 0 Å². The Hall–Kier alpha value is -2.21. The summed E-state index contributed by atoms with van der Waals surface area (Å²) in [6.07, 6.45) is 0.827. The van der Waals surface area contributed by atoms with Gasteiger partial charge in [0.15, 0.2) is 0 Å². The molecular weight excluding hydrogens is 290 g/mol. The van der Waals surface area contributed by atoms with Gasteiger partial charge >= 0.3 is 5.97 Å². The lowest BCUT2D eigenvalue weighted by Crippen LogP contribution is -2.14. The molecule has 2 aromatic rings. The van der Waals surface area contributed by atoms with Gasteiger partial charge in [0.25, 0.3) is 0 Å². The van der Waals surface area contributed by atoms with Gasteiger partial charge in [-0.3, -0.25) is 4.79 Å². The Kier molecular flexibility index (Phi) is 8.60. The van der Waals surface area contributed by atoms with Crippen LogP contribution < -0.4 is 17.2 Å². The maximum atomic E-state index is 10.3. The van der Waals surface area contributed by atoms with Crippen LogP contribution in [0.4, 0.5) is 0 Å². The zero-order chi connectivity index (χ0) is 17.1. The molecule has 0 saturated carbocycles. The lowest BCUT2D eigenvalue weighted by Gasteiger charge is -2.09. The van der Waals surface area contributed by atoms with E-state index >= 15 is 0 Å². The Bertz CT molecular complexity index is 561. The van der Waals surface area contributed by atoms with E-state index in [-0.39, 0.29) is 12.5 Å². The highest BCUT2D eigenvalue weighted by Crippen LogP contribution is 2.12. The average Bonchev–Trinajstić information content (AvgIpc) is 2.57. The molecule has 2 atom stereocenters. The highest BCUT2D eigenvalue weighted by molar-refractivity contribution is 5.67. The number of carboxylic acids is 1. The number of carbonyl (C=O) groups is 1. The Balaban J connectivity index is 0.000000231. The van der Waals surface area contributed by atoms with E-state index in [4.69, 9.17) is 22.3 Å². The minimum absolute atomic E-state index is 0.0238. The minimum Gasteiger partial charge on any atom is -0.481 e. The van der Waals surface area contributed by atoms with Crippen molar-refractivity contribution in [1.82, 2.24) is 0 Å². The predicted octanol–water partition coefficient (Wildman–Crippen LogP) is 2.20. The molecule has 0 aliphatic rings. The topological polar surface area (TPSA) is 115 Å². The number of hydrogen-bond donors (Lipinski definition) is 4. The van der Waals surface area contributed by atoms with Crippen molar-refractivity contribution in [3.8, 4) is 0 Å². The second-order valence-electron chi connectivity index (χ2n) is 5.21. The zero-order valence-corrected chi connectivity index (χ0v) is 13.1. The molecule has 124 valence electrons. The van der Waals surface area contributed by atoms with Crippen molar-refractivity contribution in [3.05, 3.63) is 71.8 Å². The van der Waals surface area contributed by atoms with E-state index in [9.17, 15) is 4.79 Å². The van der Waals surface area contributed by atoms with E-state index in [2.05, 4.69) is 0 Å². The van der Waals surface area contributed by atoms with Gasteiger partial charge < -0.3 is 22.3 Å². The summed E-state index contributed by atoms with van der Waals surface area (Å²) in [6.45, 7) is 0.649. The first kappa shape index (κ1) is 18.8. The number of rotatable bonds is 6. The fourth-order valence-electron chi connectivity index (χ4n) is 2.05. The normalized spacial score (nSPS) is 12.7. The summed E-state index contributed by atoms with van der Waals surface area (Å²) in [4.78, 5) is 10.3. The van der Waals surface area contributed by atoms with Crippen LogP contribution in [0.25, 0.3) is 0 Å². The van der Waals surface area contributed by atoms with Crippen molar-refractivity contribution in [2.45, 2.75) is 24.9 Å². The third kappa shape index (κ3) is 7.56. The average molecular weight is 315 g/mol. The fraction of sp³-hybridized carbons (Fsp3) is 0.278. The van der Waals surface area contributed by atoms with E-state index in [1.54, 1.807) is 0 Å². The standard InChI is InChI=1S/C9H14N2.C9H11NO2/c10-7-6-9(11)8-4-2-1-3-5-8;10-8(6-9(11)12)7-4-2-1-3-5-7/h1-5,9H,6-7,10-11H2;1-5,8H,6,10H2,(H,11,12). The van der Waals surface area contributed by atoms with Gasteiger partial charge in [-0.15, -0.1) is 0 Å². The Morgan fingerprint density at radius 3 is 1.70 bits per heavy atom. The molecule has 0 heterocycles. The largest absolute Gasteiger partial charge is 0.481 e. The van der Waals surface area contributed by atoms with Crippen molar-refractivity contribution in [2.75, 3.05) is 6.54 Å². The molecule has 5 nitrogen and oxygen atoms in total. The number of nitrogens with two attached hydrogens (primary N) is 3. The molecule has 0 aliphatic heterocycles. The van der Waals surface area contributed by atoms with Gasteiger partial charge in [0, 0.05) is 12.1 Å². The van der Waals surface area contributed by atoms with Gasteiger partial charge in [0.1, 0.15) is 0 Å². The molecule has 23 heavy (non-hydrogen) atoms. The number of aliphatic carboxylic acids is 1. The summed E-state index contributed by atoms with van der Waals surface area (Å²) in [5, 5.41) is 8.47. The minimum atomic E-state index is -0.869. The Morgan fingerprint density at radius 1 is 0.870 bits per heavy atom. The quantitative estimate of drug-likeness (QED) is 0.652. The maximum absolute atomic E-state index is 10.3. The molecule has 0 radical (unpaired) electrons. The van der Waals surface area contributed by atoms with Crippen LogP contribution in [-0.4, -0.2) is 17.6 Å². The van der Waals surface area contributed by atoms with Crippen molar-refractivity contribution in [3.63, 3.8) is 0 Å². The monoisotopic (exact) mass is 315 g/mol. The molecule has 0 bridgehead atoms. The number of carboxylic acid groups (broad SMARTS) is 1. The van der Waals surface area contributed by atoms with Crippen molar-refractivity contribution >= 4 is 5.97 Å². The molecule has 5 heteroatoms.